The summed E-state index contributed by atoms with van der Waals surface area (Å²) < 4.78 is 5.30. The maximum Gasteiger partial charge on any atom is 0.120 e. The van der Waals surface area contributed by atoms with E-state index in [1.807, 2.05) is 0 Å². The summed E-state index contributed by atoms with van der Waals surface area (Å²) in [4.78, 5) is 2.60. The highest BCUT2D eigenvalue weighted by Crippen LogP contribution is 2.36. The molecule has 0 aromatic heterocycles. The van der Waals surface area contributed by atoms with E-state index in [2.05, 4.69) is 33.7 Å². The Labute approximate surface area is 108 Å². The Morgan fingerprint density at radius 1 is 1.22 bits per heavy atom. The molecular formula is C14H21N3O. The van der Waals surface area contributed by atoms with Crippen LogP contribution >= 0.6 is 0 Å². The van der Waals surface area contributed by atoms with Crippen LogP contribution < -0.4 is 15.4 Å². The van der Waals surface area contributed by atoms with Gasteiger partial charge in [0.1, 0.15) is 5.75 Å². The fourth-order valence-corrected chi connectivity index (χ4v) is 2.98. The van der Waals surface area contributed by atoms with Crippen molar-refractivity contribution in [2.45, 2.75) is 12.5 Å². The van der Waals surface area contributed by atoms with Crippen LogP contribution in [-0.4, -0.2) is 44.7 Å². The molecule has 2 aliphatic rings. The Morgan fingerprint density at radius 3 is 2.83 bits per heavy atom. The highest BCUT2D eigenvalue weighted by atomic mass is 16.5. The molecule has 2 aliphatic heterocycles. The number of hydrogen-bond donors (Lipinski definition) is 2. The molecule has 0 bridgehead atoms. The molecule has 4 heteroatoms. The molecule has 0 radical (unpaired) electrons. The van der Waals surface area contributed by atoms with Crippen LogP contribution in [0.15, 0.2) is 18.2 Å². The fourth-order valence-electron chi connectivity index (χ4n) is 2.98. The van der Waals surface area contributed by atoms with Crippen LogP contribution in [-0.2, 0) is 0 Å². The minimum atomic E-state index is 0.564. The Kier molecular flexibility index (Phi) is 3.39. The number of nitrogens with one attached hydrogen (secondary N) is 2. The van der Waals surface area contributed by atoms with Crippen LogP contribution in [0.4, 0.5) is 5.69 Å². The van der Waals surface area contributed by atoms with Crippen LogP contribution in [0.2, 0.25) is 0 Å². The van der Waals surface area contributed by atoms with E-state index in [0.717, 1.165) is 38.5 Å². The quantitative estimate of drug-likeness (QED) is 0.829. The molecule has 1 aromatic rings. The number of nitrogens with zero attached hydrogens (tertiary/aromatic N) is 1. The predicted octanol–water partition coefficient (Wildman–Crippen LogP) is 1.46. The third kappa shape index (κ3) is 2.18. The van der Waals surface area contributed by atoms with E-state index in [-0.39, 0.29) is 0 Å². The normalized spacial score (nSPS) is 24.2. The number of anilines is 1. The molecule has 2 N–H and O–H groups in total. The van der Waals surface area contributed by atoms with E-state index in [1.165, 1.54) is 17.7 Å². The molecule has 3 rings (SSSR count). The maximum atomic E-state index is 5.30. The lowest BCUT2D eigenvalue weighted by Crippen LogP contribution is -2.46. The molecule has 0 spiro atoms. The van der Waals surface area contributed by atoms with E-state index in [4.69, 9.17) is 4.74 Å². The van der Waals surface area contributed by atoms with E-state index in [0.29, 0.717) is 6.04 Å². The third-order valence-corrected chi connectivity index (χ3v) is 3.95. The van der Waals surface area contributed by atoms with Crippen molar-refractivity contribution in [3.05, 3.63) is 23.8 Å². The van der Waals surface area contributed by atoms with Crippen molar-refractivity contribution in [1.82, 2.24) is 10.2 Å². The van der Waals surface area contributed by atoms with Crippen molar-refractivity contribution in [3.8, 4) is 5.75 Å². The SMILES string of the molecule is COc1ccc2c(c1)NCCC2N1CCNCC1. The first kappa shape index (κ1) is 11.8. The average Bonchev–Trinajstić information content (AvgIpc) is 2.47. The summed E-state index contributed by atoms with van der Waals surface area (Å²) in [6.45, 7) is 5.56. The van der Waals surface area contributed by atoms with E-state index in [9.17, 15) is 0 Å². The first-order chi connectivity index (χ1) is 8.88. The monoisotopic (exact) mass is 247 g/mol. The van der Waals surface area contributed by atoms with Crippen LogP contribution in [0.1, 0.15) is 18.0 Å². The fraction of sp³-hybridized carbons (Fsp3) is 0.571. The smallest absolute Gasteiger partial charge is 0.120 e. The highest BCUT2D eigenvalue weighted by Gasteiger charge is 2.26. The van der Waals surface area contributed by atoms with Crippen molar-refractivity contribution >= 4 is 5.69 Å². The maximum absolute atomic E-state index is 5.30. The molecule has 1 fully saturated rings. The summed E-state index contributed by atoms with van der Waals surface area (Å²) in [6.07, 6.45) is 1.19. The van der Waals surface area contributed by atoms with Gasteiger partial charge in [-0.3, -0.25) is 4.90 Å². The minimum Gasteiger partial charge on any atom is -0.497 e. The van der Waals surface area contributed by atoms with Gasteiger partial charge in [-0.1, -0.05) is 6.07 Å². The summed E-state index contributed by atoms with van der Waals surface area (Å²) >= 11 is 0. The molecular weight excluding hydrogens is 226 g/mol. The molecule has 1 unspecified atom stereocenters. The number of benzene rings is 1. The van der Waals surface area contributed by atoms with Crippen molar-refractivity contribution in [1.29, 1.82) is 0 Å². The predicted molar refractivity (Wildman–Crippen MR) is 73.3 cm³/mol. The largest absolute Gasteiger partial charge is 0.497 e. The Balaban J connectivity index is 1.86. The van der Waals surface area contributed by atoms with Crippen molar-refractivity contribution in [2.75, 3.05) is 45.2 Å². The van der Waals surface area contributed by atoms with Crippen molar-refractivity contribution < 1.29 is 4.74 Å². The number of fused-ring (bicyclic) bond motifs is 1. The Bertz CT molecular complexity index is 416. The van der Waals surface area contributed by atoms with Gasteiger partial charge in [0.05, 0.1) is 7.11 Å². The number of rotatable bonds is 2. The van der Waals surface area contributed by atoms with Gasteiger partial charge in [0.15, 0.2) is 0 Å². The van der Waals surface area contributed by atoms with Crippen LogP contribution in [0.5, 0.6) is 5.75 Å². The van der Waals surface area contributed by atoms with Gasteiger partial charge in [0, 0.05) is 50.5 Å². The van der Waals surface area contributed by atoms with E-state index >= 15 is 0 Å². The van der Waals surface area contributed by atoms with Gasteiger partial charge in [-0.05, 0) is 18.1 Å². The second-order valence-corrected chi connectivity index (χ2v) is 4.97. The summed E-state index contributed by atoms with van der Waals surface area (Å²) in [5.74, 6) is 0.933. The molecule has 98 valence electrons. The molecule has 1 atom stereocenters. The van der Waals surface area contributed by atoms with E-state index in [1.54, 1.807) is 7.11 Å². The van der Waals surface area contributed by atoms with E-state index < -0.39 is 0 Å². The molecule has 18 heavy (non-hydrogen) atoms. The summed E-state index contributed by atoms with van der Waals surface area (Å²) in [5.41, 5.74) is 2.66. The van der Waals surface area contributed by atoms with Gasteiger partial charge in [-0.15, -0.1) is 0 Å². The van der Waals surface area contributed by atoms with Gasteiger partial charge in [0.2, 0.25) is 0 Å². The Morgan fingerprint density at radius 2 is 2.06 bits per heavy atom. The van der Waals surface area contributed by atoms with Gasteiger partial charge in [-0.2, -0.15) is 0 Å². The third-order valence-electron chi connectivity index (χ3n) is 3.95. The summed E-state index contributed by atoms with van der Waals surface area (Å²) in [6, 6.07) is 6.96. The lowest BCUT2D eigenvalue weighted by molar-refractivity contribution is 0.166. The molecule has 4 nitrogen and oxygen atoms in total. The standard InChI is InChI=1S/C14H21N3O/c1-18-11-2-3-12-13(10-11)16-5-4-14(12)17-8-6-15-7-9-17/h2-3,10,14-16H,4-9H2,1H3. The first-order valence-electron chi connectivity index (χ1n) is 6.75. The van der Waals surface area contributed by atoms with Crippen LogP contribution in [0.25, 0.3) is 0 Å². The Hall–Kier alpha value is -1.26. The lowest BCUT2D eigenvalue weighted by atomic mass is 9.95. The van der Waals surface area contributed by atoms with Crippen LogP contribution in [0.3, 0.4) is 0 Å². The molecule has 0 amide bonds. The minimum absolute atomic E-state index is 0.564. The van der Waals surface area contributed by atoms with Crippen LogP contribution in [0, 0.1) is 0 Å². The van der Waals surface area contributed by atoms with Crippen molar-refractivity contribution in [2.24, 2.45) is 0 Å². The van der Waals surface area contributed by atoms with Gasteiger partial charge in [-0.25, -0.2) is 0 Å². The van der Waals surface area contributed by atoms with Gasteiger partial charge < -0.3 is 15.4 Å². The zero-order chi connectivity index (χ0) is 12.4. The first-order valence-corrected chi connectivity index (χ1v) is 6.75. The zero-order valence-corrected chi connectivity index (χ0v) is 10.9. The molecule has 1 saturated heterocycles. The molecule has 0 aliphatic carbocycles. The van der Waals surface area contributed by atoms with Gasteiger partial charge in [0.25, 0.3) is 0 Å². The zero-order valence-electron chi connectivity index (χ0n) is 10.9. The summed E-state index contributed by atoms with van der Waals surface area (Å²) in [7, 11) is 1.72. The average molecular weight is 247 g/mol. The number of hydrogen-bond acceptors (Lipinski definition) is 4. The number of ether oxygens (including phenoxy) is 1. The topological polar surface area (TPSA) is 36.5 Å². The summed E-state index contributed by atoms with van der Waals surface area (Å²) in [5, 5.41) is 6.90. The molecule has 0 saturated carbocycles. The number of methoxy groups -OCH3 is 1. The van der Waals surface area contributed by atoms with Gasteiger partial charge >= 0.3 is 0 Å². The second kappa shape index (κ2) is 5.16. The second-order valence-electron chi connectivity index (χ2n) is 4.97. The highest BCUT2D eigenvalue weighted by molar-refractivity contribution is 5.58. The molecule has 1 aromatic carbocycles. The number of piperazine rings is 1. The lowest BCUT2D eigenvalue weighted by Gasteiger charge is -2.38. The molecule has 2 heterocycles. The van der Waals surface area contributed by atoms with Crippen molar-refractivity contribution in [3.63, 3.8) is 0 Å².